The Bertz CT molecular complexity index is 780. The number of Topliss-reactive ketones (excluding diaryl/α,β-unsaturated/α-hetero) is 1. The van der Waals surface area contributed by atoms with Crippen molar-refractivity contribution in [2.45, 2.75) is 97.8 Å². The molecule has 3 heteroatoms. The summed E-state index contributed by atoms with van der Waals surface area (Å²) in [6.45, 7) is 6.40. The van der Waals surface area contributed by atoms with Crippen LogP contribution in [0.5, 0.6) is 0 Å². The zero-order valence-corrected chi connectivity index (χ0v) is 19.8. The maximum atomic E-state index is 13.5. The maximum absolute atomic E-state index is 13.5. The molecule has 0 aliphatic heterocycles. The van der Waals surface area contributed by atoms with Crippen LogP contribution in [0.1, 0.15) is 103 Å². The second-order valence-corrected chi connectivity index (χ2v) is 10.3. The molecule has 2 aliphatic carbocycles. The lowest BCUT2D eigenvalue weighted by molar-refractivity contribution is -0.128. The topological polar surface area (TPSA) is 46.2 Å². The molecule has 0 radical (unpaired) electrons. The van der Waals surface area contributed by atoms with Crippen LogP contribution >= 0.6 is 0 Å². The number of allylic oxidation sites excluding steroid dienone is 1. The number of ketones is 1. The molecular weight excluding hydrogens is 382 g/mol. The number of benzene rings is 1. The minimum Gasteiger partial charge on any atom is -0.325 e. The highest BCUT2D eigenvalue weighted by Gasteiger charge is 2.39. The second-order valence-electron chi connectivity index (χ2n) is 10.3. The summed E-state index contributed by atoms with van der Waals surface area (Å²) in [5.74, 6) is 1.23. The van der Waals surface area contributed by atoms with E-state index in [1.165, 1.54) is 12.8 Å². The van der Waals surface area contributed by atoms with Crippen molar-refractivity contribution in [1.82, 2.24) is 0 Å². The van der Waals surface area contributed by atoms with Gasteiger partial charge in [0.1, 0.15) is 0 Å². The number of anilines is 1. The molecule has 2 aliphatic rings. The van der Waals surface area contributed by atoms with E-state index in [2.05, 4.69) is 19.2 Å². The predicted molar refractivity (Wildman–Crippen MR) is 130 cm³/mol. The lowest BCUT2D eigenvalue weighted by atomic mass is 9.69. The van der Waals surface area contributed by atoms with Crippen molar-refractivity contribution in [3.05, 3.63) is 35.4 Å². The van der Waals surface area contributed by atoms with Crippen LogP contribution in [0.15, 0.2) is 29.8 Å². The van der Waals surface area contributed by atoms with Gasteiger partial charge in [-0.3, -0.25) is 9.59 Å². The Morgan fingerprint density at radius 3 is 2.35 bits per heavy atom. The standard InChI is InChI=1S/C28H41NO2/c1-21(2)16-19-28(17-10-5-11-18-28)27(31)29-25-15-9-8-14-24(25)20-22(3)26(30)23-12-6-4-7-13-23/h8-9,14-15,20-21,23H,4-7,10-13,16-19H2,1-3H3,(H,29,31)/b22-20-. The molecule has 0 unspecified atom stereocenters. The zero-order valence-electron chi connectivity index (χ0n) is 19.8. The van der Waals surface area contributed by atoms with Gasteiger partial charge in [0, 0.05) is 17.0 Å². The van der Waals surface area contributed by atoms with Gasteiger partial charge >= 0.3 is 0 Å². The molecule has 0 heterocycles. The maximum Gasteiger partial charge on any atom is 0.230 e. The number of amides is 1. The van der Waals surface area contributed by atoms with E-state index in [0.717, 1.165) is 81.0 Å². The summed E-state index contributed by atoms with van der Waals surface area (Å²) in [6, 6.07) is 7.93. The number of carbonyl (C=O) groups excluding carboxylic acids is 2. The largest absolute Gasteiger partial charge is 0.325 e. The first-order valence-electron chi connectivity index (χ1n) is 12.5. The fourth-order valence-electron chi connectivity index (χ4n) is 5.37. The highest BCUT2D eigenvalue weighted by molar-refractivity contribution is 6.02. The predicted octanol–water partition coefficient (Wildman–Crippen LogP) is 7.56. The Labute approximate surface area is 189 Å². The van der Waals surface area contributed by atoms with E-state index in [1.54, 1.807) is 0 Å². The van der Waals surface area contributed by atoms with Gasteiger partial charge in [0.05, 0.1) is 0 Å². The molecule has 1 N–H and O–H groups in total. The fourth-order valence-corrected chi connectivity index (χ4v) is 5.37. The van der Waals surface area contributed by atoms with E-state index in [-0.39, 0.29) is 23.0 Å². The van der Waals surface area contributed by atoms with Crippen molar-refractivity contribution >= 4 is 23.5 Å². The molecule has 170 valence electrons. The molecule has 0 atom stereocenters. The first kappa shape index (κ1) is 23.8. The molecule has 0 aromatic heterocycles. The van der Waals surface area contributed by atoms with Gasteiger partial charge in [-0.05, 0) is 74.6 Å². The average Bonchev–Trinajstić information content (AvgIpc) is 2.79. The Morgan fingerprint density at radius 1 is 1.03 bits per heavy atom. The zero-order chi connectivity index (χ0) is 22.3. The quantitative estimate of drug-likeness (QED) is 0.438. The Morgan fingerprint density at radius 2 is 1.68 bits per heavy atom. The lowest BCUT2D eigenvalue weighted by Gasteiger charge is -2.36. The van der Waals surface area contributed by atoms with Crippen molar-refractivity contribution in [2.24, 2.45) is 17.3 Å². The molecule has 1 aromatic rings. The number of rotatable bonds is 8. The molecule has 2 saturated carbocycles. The second kappa shape index (κ2) is 11.1. The third kappa shape index (κ3) is 6.30. The third-order valence-electron chi connectivity index (χ3n) is 7.44. The van der Waals surface area contributed by atoms with Gasteiger partial charge in [-0.1, -0.05) is 70.6 Å². The average molecular weight is 424 g/mol. The van der Waals surface area contributed by atoms with Crippen molar-refractivity contribution in [3.8, 4) is 0 Å². The number of para-hydroxylation sites is 1. The van der Waals surface area contributed by atoms with Crippen LogP contribution in [-0.4, -0.2) is 11.7 Å². The smallest absolute Gasteiger partial charge is 0.230 e. The molecule has 1 aromatic carbocycles. The Kier molecular flexibility index (Phi) is 8.51. The van der Waals surface area contributed by atoms with Crippen LogP contribution in [0.4, 0.5) is 5.69 Å². The number of hydrogen-bond acceptors (Lipinski definition) is 2. The van der Waals surface area contributed by atoms with Crippen LogP contribution in [0.25, 0.3) is 6.08 Å². The van der Waals surface area contributed by atoms with Gasteiger partial charge < -0.3 is 5.32 Å². The van der Waals surface area contributed by atoms with Crippen LogP contribution in [0.2, 0.25) is 0 Å². The number of hydrogen-bond donors (Lipinski definition) is 1. The summed E-state index contributed by atoms with van der Waals surface area (Å²) in [5.41, 5.74) is 2.33. The highest BCUT2D eigenvalue weighted by Crippen LogP contribution is 2.42. The summed E-state index contributed by atoms with van der Waals surface area (Å²) in [6.07, 6.45) is 15.1. The summed E-state index contributed by atoms with van der Waals surface area (Å²) in [5, 5.41) is 3.27. The van der Waals surface area contributed by atoms with Crippen molar-refractivity contribution in [3.63, 3.8) is 0 Å². The first-order chi connectivity index (χ1) is 14.9. The molecule has 1 amide bonds. The Hall–Kier alpha value is -1.90. The van der Waals surface area contributed by atoms with Crippen molar-refractivity contribution in [2.75, 3.05) is 5.32 Å². The summed E-state index contributed by atoms with van der Waals surface area (Å²) in [4.78, 5) is 26.5. The molecule has 0 spiro atoms. The van der Waals surface area contributed by atoms with Gasteiger partial charge in [-0.2, -0.15) is 0 Å². The van der Waals surface area contributed by atoms with Gasteiger partial charge in [0.2, 0.25) is 5.91 Å². The lowest BCUT2D eigenvalue weighted by Crippen LogP contribution is -2.38. The SMILES string of the molecule is C/C(=C/c1ccccc1NC(=O)C1(CCC(C)C)CCCCC1)C(=O)C1CCCCC1. The van der Waals surface area contributed by atoms with Gasteiger partial charge in [0.25, 0.3) is 0 Å². The molecule has 0 bridgehead atoms. The highest BCUT2D eigenvalue weighted by atomic mass is 16.2. The Balaban J connectivity index is 1.77. The summed E-state index contributed by atoms with van der Waals surface area (Å²) >= 11 is 0. The normalized spacial score (nSPS) is 19.9. The van der Waals surface area contributed by atoms with E-state index in [9.17, 15) is 9.59 Å². The van der Waals surface area contributed by atoms with E-state index >= 15 is 0 Å². The molecular formula is C28H41NO2. The molecule has 2 fully saturated rings. The van der Waals surface area contributed by atoms with E-state index in [4.69, 9.17) is 0 Å². The fraction of sp³-hybridized carbons (Fsp3) is 0.643. The first-order valence-corrected chi connectivity index (χ1v) is 12.5. The van der Waals surface area contributed by atoms with Gasteiger partial charge in [-0.15, -0.1) is 0 Å². The molecule has 0 saturated heterocycles. The van der Waals surface area contributed by atoms with Crippen LogP contribution < -0.4 is 5.32 Å². The van der Waals surface area contributed by atoms with Crippen LogP contribution in [-0.2, 0) is 9.59 Å². The minimum atomic E-state index is -0.244. The minimum absolute atomic E-state index is 0.171. The van der Waals surface area contributed by atoms with E-state index in [0.29, 0.717) is 5.92 Å². The van der Waals surface area contributed by atoms with Crippen molar-refractivity contribution < 1.29 is 9.59 Å². The molecule has 31 heavy (non-hydrogen) atoms. The number of nitrogens with one attached hydrogen (secondary N) is 1. The third-order valence-corrected chi connectivity index (χ3v) is 7.44. The van der Waals surface area contributed by atoms with Crippen LogP contribution in [0.3, 0.4) is 0 Å². The molecule has 3 nitrogen and oxygen atoms in total. The summed E-state index contributed by atoms with van der Waals surface area (Å²) in [7, 11) is 0. The number of carbonyl (C=O) groups is 2. The van der Waals surface area contributed by atoms with Crippen LogP contribution in [0, 0.1) is 17.3 Å². The monoisotopic (exact) mass is 423 g/mol. The van der Waals surface area contributed by atoms with Crippen molar-refractivity contribution in [1.29, 1.82) is 0 Å². The summed E-state index contributed by atoms with van der Waals surface area (Å²) < 4.78 is 0. The van der Waals surface area contributed by atoms with Gasteiger partial charge in [-0.25, -0.2) is 0 Å². The van der Waals surface area contributed by atoms with Gasteiger partial charge in [0.15, 0.2) is 5.78 Å². The van der Waals surface area contributed by atoms with E-state index in [1.807, 2.05) is 37.3 Å². The molecule has 3 rings (SSSR count). The van der Waals surface area contributed by atoms with E-state index < -0.39 is 0 Å².